The average molecular weight is 911 g/mol. The highest BCUT2D eigenvalue weighted by Gasteiger charge is 2.46. The van der Waals surface area contributed by atoms with E-state index in [-0.39, 0.29) is 34.0 Å². The molecule has 316 valence electrons. The van der Waals surface area contributed by atoms with E-state index in [4.69, 9.17) is 20.9 Å². The van der Waals surface area contributed by atoms with Crippen LogP contribution in [-0.2, 0) is 58.6 Å². The van der Waals surface area contributed by atoms with Crippen LogP contribution in [0.25, 0.3) is 22.3 Å². The molecule has 0 aliphatic carbocycles. The Hall–Kier alpha value is -2.83. The van der Waals surface area contributed by atoms with Crippen LogP contribution in [0.3, 0.4) is 0 Å². The predicted molar refractivity (Wildman–Crippen MR) is 166 cm³/mol. The van der Waals surface area contributed by atoms with Gasteiger partial charge >= 0.3 is 0 Å². The van der Waals surface area contributed by atoms with Gasteiger partial charge in [-0.05, 0) is 0 Å². The normalized spacial score (nSPS) is 30.8. The van der Waals surface area contributed by atoms with Gasteiger partial charge in [0.1, 0.15) is 60.3 Å². The van der Waals surface area contributed by atoms with Crippen LogP contribution < -0.4 is 35.9 Å². The van der Waals surface area contributed by atoms with Gasteiger partial charge in [-0.25, -0.2) is 47.1 Å². The van der Waals surface area contributed by atoms with E-state index in [0.717, 1.165) is 34.4 Å². The Morgan fingerprint density at radius 2 is 0.895 bits per heavy atom. The molecule has 0 spiro atoms. The third-order valence-corrected chi connectivity index (χ3v) is 14.9. The molecule has 2 aliphatic heterocycles. The summed E-state index contributed by atoms with van der Waals surface area (Å²) in [5.74, 6) is -0.127. The lowest BCUT2D eigenvalue weighted by Crippen LogP contribution is -2.34. The van der Waals surface area contributed by atoms with Crippen LogP contribution in [-0.4, -0.2) is 109 Å². The van der Waals surface area contributed by atoms with Crippen molar-refractivity contribution in [2.75, 3.05) is 24.7 Å². The van der Waals surface area contributed by atoms with E-state index in [0.29, 0.717) is 0 Å². The average Bonchev–Trinajstić information content (AvgIpc) is 3.83. The van der Waals surface area contributed by atoms with Crippen LogP contribution in [0.15, 0.2) is 25.3 Å². The number of aliphatic hydroxyl groups excluding tert-OH is 4. The number of fused-ring (bicyclic) bond motifs is 2. The summed E-state index contributed by atoms with van der Waals surface area (Å²) in [6.45, 7) is -2.58. The summed E-state index contributed by atoms with van der Waals surface area (Å²) in [4.78, 5) is 83.8. The Balaban J connectivity index is 1.00. The largest absolute Gasteiger partial charge is 0.756 e. The van der Waals surface area contributed by atoms with Crippen LogP contribution in [0, 0.1) is 0 Å². The highest BCUT2D eigenvalue weighted by atomic mass is 31.3. The van der Waals surface area contributed by atoms with Crippen molar-refractivity contribution in [1.82, 2.24) is 39.0 Å². The fourth-order valence-electron chi connectivity index (χ4n) is 5.22. The summed E-state index contributed by atoms with van der Waals surface area (Å²) in [6, 6.07) is 0. The smallest absolute Gasteiger partial charge is 0.280 e. The molecule has 2 aliphatic rings. The molecule has 4 aromatic rings. The van der Waals surface area contributed by atoms with Crippen molar-refractivity contribution >= 4 is 73.1 Å². The molecule has 12 atom stereocenters. The molecule has 12 unspecified atom stereocenters. The maximum atomic E-state index is 12.2. The van der Waals surface area contributed by atoms with Gasteiger partial charge in [0.25, 0.3) is 39.1 Å². The Kier molecular flexibility index (Phi) is 12.3. The Labute approximate surface area is 314 Å². The number of rotatable bonds is 16. The number of ether oxygens (including phenoxy) is 2. The number of anilines is 2. The number of nitrogens with zero attached hydrogens (tertiary/aromatic N) is 8. The molecular weight excluding hydrogens is 887 g/mol. The molecule has 6 rings (SSSR count). The molecule has 57 heavy (non-hydrogen) atoms. The minimum absolute atomic E-state index is 0.0160. The van der Waals surface area contributed by atoms with Gasteiger partial charge in [-0.15, -0.1) is 0 Å². The van der Waals surface area contributed by atoms with Crippen molar-refractivity contribution in [3.8, 4) is 0 Å². The molecule has 0 aromatic carbocycles. The number of phosphoric acid groups is 5. The SMILES string of the molecule is Nc1ncnc2c1ncn2C1OC(COP(=O)([O-])OP(=O)([O-])OP(=O)([O-])OP(=O)([O-])OP(=O)([O-])OCC2OC(n3cnc4c(N)ncnc43)C(O)C2O)C(O)C1O. The summed E-state index contributed by atoms with van der Waals surface area (Å²) in [5.41, 5.74) is 11.5. The highest BCUT2D eigenvalue weighted by Crippen LogP contribution is 2.69. The quantitative estimate of drug-likeness (QED) is 0.0571. The minimum Gasteiger partial charge on any atom is -0.756 e. The van der Waals surface area contributed by atoms with E-state index in [9.17, 15) is 67.7 Å². The van der Waals surface area contributed by atoms with E-state index in [1.54, 1.807) is 0 Å². The number of imidazole rings is 2. The van der Waals surface area contributed by atoms with E-state index < -0.39 is 101 Å². The predicted octanol–water partition coefficient (Wildman–Crippen LogP) is -5.49. The molecule has 2 fully saturated rings. The zero-order valence-electron chi connectivity index (χ0n) is 27.4. The topological polar surface area (TPSA) is 495 Å². The number of nitrogens with two attached hydrogens (primary N) is 2. The third-order valence-electron chi connectivity index (χ3n) is 7.59. The van der Waals surface area contributed by atoms with Crippen LogP contribution >= 0.6 is 39.1 Å². The molecule has 0 saturated carbocycles. The molecule has 32 nitrogen and oxygen atoms in total. The van der Waals surface area contributed by atoms with Crippen molar-refractivity contribution < 1.29 is 103 Å². The second-order valence-electron chi connectivity index (χ2n) is 11.4. The first-order valence-corrected chi connectivity index (χ1v) is 22.3. The standard InChI is InChI=1S/C20H29N10O22P5/c21-15-9-17(25-3-23-15)29(5-27-9)19-13(33)11(31)7(47-19)1-45-53(35,36)49-55(39,40)51-57(43,44)52-56(41,42)50-54(37,38)46-2-8-12(32)14(34)20(48-8)30-6-28-10-16(22)24-4-26-18(10)30/h3-8,11-14,19-20,31-34H,1-2H2,(H,35,36)(H,37,38)(H,39,40)(H,41,42)(H,43,44)(H2,21,23,25)(H2,22,24,26)/p-5. The number of aliphatic hydroxyl groups is 4. The van der Waals surface area contributed by atoms with Crippen molar-refractivity contribution in [2.24, 2.45) is 0 Å². The Bertz CT molecular complexity index is 2230. The summed E-state index contributed by atoms with van der Waals surface area (Å²) in [5, 5.41) is 41.6. The van der Waals surface area contributed by atoms with Crippen LogP contribution in [0.2, 0.25) is 0 Å². The minimum atomic E-state index is -6.88. The van der Waals surface area contributed by atoms with E-state index in [2.05, 4.69) is 56.2 Å². The number of aromatic nitrogens is 8. The number of hydrogen-bond acceptors (Lipinski definition) is 30. The monoisotopic (exact) mass is 911 g/mol. The summed E-state index contributed by atoms with van der Waals surface area (Å²) in [6.07, 6.45) is -9.67. The molecule has 2 saturated heterocycles. The van der Waals surface area contributed by atoms with Gasteiger partial charge < -0.3 is 74.9 Å². The first-order valence-electron chi connectivity index (χ1n) is 15.0. The van der Waals surface area contributed by atoms with Crippen LogP contribution in [0.4, 0.5) is 11.6 Å². The fraction of sp³-hybridized carbons (Fsp3) is 0.500. The molecule has 0 amide bonds. The zero-order valence-corrected chi connectivity index (χ0v) is 31.9. The van der Waals surface area contributed by atoms with Gasteiger partial charge in [-0.1, -0.05) is 0 Å². The molecule has 0 bridgehead atoms. The molecule has 6 heterocycles. The number of hydrogen-bond donors (Lipinski definition) is 6. The van der Waals surface area contributed by atoms with Gasteiger partial charge in [-0.2, -0.15) is 0 Å². The third kappa shape index (κ3) is 9.80. The summed E-state index contributed by atoms with van der Waals surface area (Å²) >= 11 is 0. The van der Waals surface area contributed by atoms with E-state index in [1.165, 1.54) is 0 Å². The highest BCUT2D eigenvalue weighted by molar-refractivity contribution is 7.70. The van der Waals surface area contributed by atoms with Gasteiger partial charge in [-0.3, -0.25) is 32.0 Å². The lowest BCUT2D eigenvalue weighted by molar-refractivity contribution is -0.256. The fourth-order valence-corrected chi connectivity index (χ4v) is 11.3. The van der Waals surface area contributed by atoms with Crippen molar-refractivity contribution in [3.63, 3.8) is 0 Å². The van der Waals surface area contributed by atoms with Gasteiger partial charge in [0.05, 0.1) is 25.9 Å². The maximum absolute atomic E-state index is 12.2. The Morgan fingerprint density at radius 1 is 0.561 bits per heavy atom. The van der Waals surface area contributed by atoms with E-state index in [1.807, 2.05) is 0 Å². The molecule has 8 N–H and O–H groups in total. The molecule has 0 radical (unpaired) electrons. The van der Waals surface area contributed by atoms with Gasteiger partial charge in [0, 0.05) is 0 Å². The van der Waals surface area contributed by atoms with E-state index >= 15 is 0 Å². The van der Waals surface area contributed by atoms with Gasteiger partial charge in [0.15, 0.2) is 35.4 Å². The maximum Gasteiger partial charge on any atom is 0.280 e. The summed E-state index contributed by atoms with van der Waals surface area (Å²) < 4.78 is 96.0. The summed E-state index contributed by atoms with van der Waals surface area (Å²) in [7, 11) is -32.8. The molecule has 37 heteroatoms. The first-order chi connectivity index (χ1) is 26.4. The second-order valence-corrected chi connectivity index (χ2v) is 19.0. The van der Waals surface area contributed by atoms with Gasteiger partial charge in [0.2, 0.25) is 0 Å². The number of phosphoric ester groups is 2. The molecule has 4 aromatic heterocycles. The van der Waals surface area contributed by atoms with Crippen molar-refractivity contribution in [1.29, 1.82) is 0 Å². The lowest BCUT2D eigenvalue weighted by Gasteiger charge is -2.37. The van der Waals surface area contributed by atoms with Crippen molar-refractivity contribution in [2.45, 2.75) is 49.1 Å². The first kappa shape index (κ1) is 43.7. The number of nitrogen functional groups attached to an aromatic ring is 2. The Morgan fingerprint density at radius 3 is 1.25 bits per heavy atom. The zero-order chi connectivity index (χ0) is 41.9. The van der Waals surface area contributed by atoms with Crippen LogP contribution in [0.1, 0.15) is 12.5 Å². The lowest BCUT2D eigenvalue weighted by atomic mass is 10.1. The molecular formula is C20H24N10O22P5-5. The van der Waals surface area contributed by atoms with Crippen LogP contribution in [0.5, 0.6) is 0 Å². The van der Waals surface area contributed by atoms with Crippen molar-refractivity contribution in [3.05, 3.63) is 25.3 Å². The second kappa shape index (κ2) is 16.0.